The van der Waals surface area contributed by atoms with Crippen LogP contribution >= 0.6 is 0 Å². The van der Waals surface area contributed by atoms with Crippen molar-refractivity contribution in [1.29, 1.82) is 0 Å². The first kappa shape index (κ1) is 15.3. The number of benzene rings is 1. The Morgan fingerprint density at radius 1 is 1.43 bits per heavy atom. The molecule has 1 aliphatic rings. The third-order valence-electron chi connectivity index (χ3n) is 3.52. The predicted molar refractivity (Wildman–Crippen MR) is 79.9 cm³/mol. The highest BCUT2D eigenvalue weighted by Gasteiger charge is 2.26. The van der Waals surface area contributed by atoms with E-state index in [0.717, 1.165) is 6.42 Å². The summed E-state index contributed by atoms with van der Waals surface area (Å²) in [6, 6.07) is 8.12. The number of nitrogens with zero attached hydrogens (tertiary/aromatic N) is 1. The first-order valence-corrected chi connectivity index (χ1v) is 7.00. The van der Waals surface area contributed by atoms with Crippen LogP contribution in [-0.4, -0.2) is 45.2 Å². The third-order valence-corrected chi connectivity index (χ3v) is 3.52. The molecule has 2 rings (SSSR count). The van der Waals surface area contributed by atoms with Crippen LogP contribution in [0.15, 0.2) is 24.3 Å². The van der Waals surface area contributed by atoms with Crippen LogP contribution in [0.1, 0.15) is 5.56 Å². The molecule has 1 aliphatic heterocycles. The Labute approximate surface area is 124 Å². The van der Waals surface area contributed by atoms with E-state index in [9.17, 15) is 9.59 Å². The van der Waals surface area contributed by atoms with E-state index < -0.39 is 5.91 Å². The van der Waals surface area contributed by atoms with E-state index in [1.54, 1.807) is 0 Å². The quantitative estimate of drug-likeness (QED) is 0.718. The largest absolute Gasteiger partial charge is 0.374 e. The molecule has 0 spiro atoms. The van der Waals surface area contributed by atoms with E-state index in [4.69, 9.17) is 10.5 Å². The maximum absolute atomic E-state index is 12.2. The molecule has 0 saturated carbocycles. The van der Waals surface area contributed by atoms with Gasteiger partial charge in [0.15, 0.2) is 0 Å². The van der Waals surface area contributed by atoms with Gasteiger partial charge in [0.2, 0.25) is 11.8 Å². The fraction of sp³-hybridized carbons (Fsp3) is 0.467. The molecule has 2 amide bonds. The Bertz CT molecular complexity index is 519. The fourth-order valence-corrected chi connectivity index (χ4v) is 2.55. The molecule has 1 atom stereocenters. The number of fused-ring (bicyclic) bond motifs is 1. The number of para-hydroxylation sites is 1. The van der Waals surface area contributed by atoms with Crippen molar-refractivity contribution in [3.8, 4) is 0 Å². The summed E-state index contributed by atoms with van der Waals surface area (Å²) in [5.41, 5.74) is 7.33. The van der Waals surface area contributed by atoms with E-state index >= 15 is 0 Å². The van der Waals surface area contributed by atoms with Gasteiger partial charge in [-0.05, 0) is 18.1 Å². The van der Waals surface area contributed by atoms with Crippen molar-refractivity contribution in [2.75, 3.05) is 38.3 Å². The number of hydrogen-bond donors (Lipinski definition) is 2. The van der Waals surface area contributed by atoms with E-state index in [1.165, 1.54) is 11.3 Å². The summed E-state index contributed by atoms with van der Waals surface area (Å²) in [6.07, 6.45) is 0.745. The van der Waals surface area contributed by atoms with Gasteiger partial charge in [0, 0.05) is 25.8 Å². The van der Waals surface area contributed by atoms with Gasteiger partial charge in [-0.15, -0.1) is 0 Å². The van der Waals surface area contributed by atoms with Gasteiger partial charge >= 0.3 is 0 Å². The Kier molecular flexibility index (Phi) is 5.16. The molecule has 0 aromatic heterocycles. The average molecular weight is 291 g/mol. The molecule has 1 aromatic rings. The Balaban J connectivity index is 1.80. The molecule has 0 saturated heterocycles. The predicted octanol–water partition coefficient (Wildman–Crippen LogP) is -0.0868. The van der Waals surface area contributed by atoms with Crippen LogP contribution in [0.25, 0.3) is 0 Å². The lowest BCUT2D eigenvalue weighted by atomic mass is 9.92. The number of amides is 2. The molecule has 21 heavy (non-hydrogen) atoms. The van der Waals surface area contributed by atoms with Crippen LogP contribution in [0.3, 0.4) is 0 Å². The van der Waals surface area contributed by atoms with Gasteiger partial charge in [-0.1, -0.05) is 18.2 Å². The molecule has 6 nitrogen and oxygen atoms in total. The van der Waals surface area contributed by atoms with Crippen LogP contribution in [0.4, 0.5) is 5.69 Å². The summed E-state index contributed by atoms with van der Waals surface area (Å²) in [6.45, 7) is 1.25. The molecule has 114 valence electrons. The van der Waals surface area contributed by atoms with Gasteiger partial charge in [-0.25, -0.2) is 0 Å². The summed E-state index contributed by atoms with van der Waals surface area (Å²) >= 11 is 0. The van der Waals surface area contributed by atoms with Crippen molar-refractivity contribution in [3.63, 3.8) is 0 Å². The lowest BCUT2D eigenvalue weighted by Gasteiger charge is -2.32. The molecular weight excluding hydrogens is 270 g/mol. The van der Waals surface area contributed by atoms with Crippen molar-refractivity contribution < 1.29 is 14.3 Å². The number of anilines is 1. The molecule has 3 N–H and O–H groups in total. The SMILES string of the molecule is CN1C[C@H](C(=O)NCCOCC(N)=O)Cc2ccccc21. The molecule has 0 radical (unpaired) electrons. The minimum absolute atomic E-state index is 0.0130. The highest BCUT2D eigenvalue weighted by atomic mass is 16.5. The number of rotatable bonds is 6. The highest BCUT2D eigenvalue weighted by molar-refractivity contribution is 5.81. The van der Waals surface area contributed by atoms with E-state index in [-0.39, 0.29) is 25.0 Å². The number of carbonyl (C=O) groups excluding carboxylic acids is 2. The molecule has 6 heteroatoms. The number of nitrogens with two attached hydrogens (primary N) is 1. The van der Waals surface area contributed by atoms with Crippen molar-refractivity contribution in [2.24, 2.45) is 11.7 Å². The molecule has 1 aromatic carbocycles. The van der Waals surface area contributed by atoms with Crippen LogP contribution < -0.4 is 16.0 Å². The summed E-state index contributed by atoms with van der Waals surface area (Å²) in [5, 5.41) is 2.83. The zero-order chi connectivity index (χ0) is 15.2. The topological polar surface area (TPSA) is 84.7 Å². The van der Waals surface area contributed by atoms with Crippen LogP contribution in [0, 0.1) is 5.92 Å². The molecule has 0 aliphatic carbocycles. The number of hydrogen-bond acceptors (Lipinski definition) is 4. The lowest BCUT2D eigenvalue weighted by Crippen LogP contribution is -2.42. The lowest BCUT2D eigenvalue weighted by molar-refractivity contribution is -0.125. The van der Waals surface area contributed by atoms with Crippen LogP contribution in [-0.2, 0) is 20.7 Å². The average Bonchev–Trinajstić information content (AvgIpc) is 2.46. The Morgan fingerprint density at radius 3 is 2.95 bits per heavy atom. The van der Waals surface area contributed by atoms with Crippen molar-refractivity contribution in [1.82, 2.24) is 5.32 Å². The second kappa shape index (κ2) is 7.08. The first-order chi connectivity index (χ1) is 10.1. The zero-order valence-electron chi connectivity index (χ0n) is 12.2. The minimum Gasteiger partial charge on any atom is -0.374 e. The van der Waals surface area contributed by atoms with Gasteiger partial charge < -0.3 is 20.7 Å². The third kappa shape index (κ3) is 4.19. The van der Waals surface area contributed by atoms with Gasteiger partial charge in [-0.3, -0.25) is 9.59 Å². The van der Waals surface area contributed by atoms with Crippen LogP contribution in [0.5, 0.6) is 0 Å². The van der Waals surface area contributed by atoms with Gasteiger partial charge in [-0.2, -0.15) is 0 Å². The van der Waals surface area contributed by atoms with Gasteiger partial charge in [0.05, 0.1) is 12.5 Å². The van der Waals surface area contributed by atoms with E-state index in [1.807, 2.05) is 19.2 Å². The summed E-state index contributed by atoms with van der Waals surface area (Å²) in [7, 11) is 1.99. The number of ether oxygens (including phenoxy) is 1. The van der Waals surface area contributed by atoms with Crippen molar-refractivity contribution in [3.05, 3.63) is 29.8 Å². The summed E-state index contributed by atoms with van der Waals surface area (Å²) in [5.74, 6) is -0.563. The van der Waals surface area contributed by atoms with Crippen LogP contribution in [0.2, 0.25) is 0 Å². The fourth-order valence-electron chi connectivity index (χ4n) is 2.55. The summed E-state index contributed by atoms with van der Waals surface area (Å²) in [4.78, 5) is 24.8. The first-order valence-electron chi connectivity index (χ1n) is 7.00. The second-order valence-corrected chi connectivity index (χ2v) is 5.22. The van der Waals surface area contributed by atoms with Crippen molar-refractivity contribution in [2.45, 2.75) is 6.42 Å². The van der Waals surface area contributed by atoms with E-state index in [2.05, 4.69) is 22.3 Å². The minimum atomic E-state index is -0.508. The maximum atomic E-state index is 12.2. The molecule has 0 bridgehead atoms. The summed E-state index contributed by atoms with van der Waals surface area (Å²) < 4.78 is 5.01. The molecule has 0 unspecified atom stereocenters. The Morgan fingerprint density at radius 2 is 2.19 bits per heavy atom. The number of carbonyl (C=O) groups is 2. The smallest absolute Gasteiger partial charge is 0.243 e. The zero-order valence-corrected chi connectivity index (χ0v) is 12.2. The Hall–Kier alpha value is -2.08. The standard InChI is InChI=1S/C15H21N3O3/c1-18-9-12(8-11-4-2-3-5-13(11)18)15(20)17-6-7-21-10-14(16)19/h2-5,12H,6-10H2,1H3,(H2,16,19)(H,17,20)/t12-/m1/s1. The maximum Gasteiger partial charge on any atom is 0.243 e. The van der Waals surface area contributed by atoms with E-state index in [0.29, 0.717) is 13.1 Å². The molecule has 0 fully saturated rings. The van der Waals surface area contributed by atoms with Gasteiger partial charge in [0.1, 0.15) is 6.61 Å². The monoisotopic (exact) mass is 291 g/mol. The highest BCUT2D eigenvalue weighted by Crippen LogP contribution is 2.28. The molecule has 1 heterocycles. The van der Waals surface area contributed by atoms with Crippen molar-refractivity contribution >= 4 is 17.5 Å². The molecular formula is C15H21N3O3. The second-order valence-electron chi connectivity index (χ2n) is 5.22. The number of primary amides is 1. The normalized spacial score (nSPS) is 17.2. The van der Waals surface area contributed by atoms with Gasteiger partial charge in [0.25, 0.3) is 0 Å². The number of nitrogens with one attached hydrogen (secondary N) is 1.